The second-order valence-corrected chi connectivity index (χ2v) is 3.87. The number of hydrogen-bond acceptors (Lipinski definition) is 3. The maximum Gasteiger partial charge on any atom is 0.335 e. The average Bonchev–Trinajstić information content (AvgIpc) is 2.58. The molecule has 0 aliphatic carbocycles. The number of nitrogen functional groups attached to an aromatic ring is 1. The lowest BCUT2D eigenvalue weighted by Crippen LogP contribution is -2.05. The van der Waals surface area contributed by atoms with E-state index in [-0.39, 0.29) is 5.56 Å². The number of nitrogens with zero attached hydrogens (tertiary/aromatic N) is 2. The number of aromatic nitrogens is 2. The summed E-state index contributed by atoms with van der Waals surface area (Å²) in [7, 11) is 0. The van der Waals surface area contributed by atoms with Crippen LogP contribution in [0.1, 0.15) is 21.6 Å². The molecule has 3 N–H and O–H groups in total. The maximum absolute atomic E-state index is 10.7. The maximum atomic E-state index is 10.7. The molecule has 1 heterocycles. The molecule has 0 aliphatic heterocycles. The van der Waals surface area contributed by atoms with Gasteiger partial charge in [0, 0.05) is 11.8 Å². The highest BCUT2D eigenvalue weighted by atomic mass is 16.4. The molecule has 0 aliphatic rings. The SMILES string of the molecule is Cc1cc(N)nn1Cc1ccc(C(=O)O)cc1. The first-order valence-electron chi connectivity index (χ1n) is 5.18. The molecule has 0 spiro atoms. The summed E-state index contributed by atoms with van der Waals surface area (Å²) in [6, 6.07) is 8.52. The highest BCUT2D eigenvalue weighted by molar-refractivity contribution is 5.87. The fourth-order valence-corrected chi connectivity index (χ4v) is 1.62. The van der Waals surface area contributed by atoms with Crippen molar-refractivity contribution >= 4 is 11.8 Å². The van der Waals surface area contributed by atoms with Crippen molar-refractivity contribution in [3.8, 4) is 0 Å². The molecule has 5 heteroatoms. The van der Waals surface area contributed by atoms with Crippen LogP contribution in [-0.4, -0.2) is 20.9 Å². The number of carboxylic acid groups (broad SMARTS) is 1. The first kappa shape index (κ1) is 11.2. The summed E-state index contributed by atoms with van der Waals surface area (Å²) < 4.78 is 1.78. The van der Waals surface area contributed by atoms with Gasteiger partial charge in [0.25, 0.3) is 0 Å². The van der Waals surface area contributed by atoms with Gasteiger partial charge in [0.15, 0.2) is 0 Å². The second kappa shape index (κ2) is 4.29. The minimum absolute atomic E-state index is 0.283. The monoisotopic (exact) mass is 231 g/mol. The van der Waals surface area contributed by atoms with Crippen LogP contribution in [0.3, 0.4) is 0 Å². The zero-order valence-corrected chi connectivity index (χ0v) is 9.42. The first-order valence-corrected chi connectivity index (χ1v) is 5.18. The summed E-state index contributed by atoms with van der Waals surface area (Å²) in [6.07, 6.45) is 0. The first-order chi connectivity index (χ1) is 8.06. The quantitative estimate of drug-likeness (QED) is 0.839. The summed E-state index contributed by atoms with van der Waals surface area (Å²) in [5, 5.41) is 12.9. The third-order valence-electron chi connectivity index (χ3n) is 2.53. The minimum atomic E-state index is -0.920. The van der Waals surface area contributed by atoms with Gasteiger partial charge in [-0.2, -0.15) is 5.10 Å². The van der Waals surface area contributed by atoms with Crippen LogP contribution in [0.2, 0.25) is 0 Å². The van der Waals surface area contributed by atoms with Gasteiger partial charge >= 0.3 is 5.97 Å². The number of anilines is 1. The normalized spacial score (nSPS) is 10.4. The molecule has 0 amide bonds. The smallest absolute Gasteiger partial charge is 0.335 e. The molecule has 2 aromatic rings. The van der Waals surface area contributed by atoms with Gasteiger partial charge in [-0.15, -0.1) is 0 Å². The lowest BCUT2D eigenvalue weighted by molar-refractivity contribution is 0.0697. The van der Waals surface area contributed by atoms with Crippen LogP contribution in [0, 0.1) is 6.92 Å². The molecule has 0 saturated carbocycles. The average molecular weight is 231 g/mol. The summed E-state index contributed by atoms with van der Waals surface area (Å²) in [6.45, 7) is 2.51. The largest absolute Gasteiger partial charge is 0.478 e. The van der Waals surface area contributed by atoms with Crippen LogP contribution in [-0.2, 0) is 6.54 Å². The van der Waals surface area contributed by atoms with Gasteiger partial charge in [-0.25, -0.2) is 4.79 Å². The molecule has 0 atom stereocenters. The third-order valence-corrected chi connectivity index (χ3v) is 2.53. The van der Waals surface area contributed by atoms with Crippen molar-refractivity contribution in [2.45, 2.75) is 13.5 Å². The molecule has 1 aromatic carbocycles. The number of benzene rings is 1. The number of aromatic carboxylic acids is 1. The predicted molar refractivity (Wildman–Crippen MR) is 63.9 cm³/mol. The van der Waals surface area contributed by atoms with Crippen LogP contribution in [0.4, 0.5) is 5.82 Å². The molecule has 0 fully saturated rings. The molecular formula is C12H13N3O2. The summed E-state index contributed by atoms with van der Waals surface area (Å²) >= 11 is 0. The van der Waals surface area contributed by atoms with Crippen molar-refractivity contribution in [3.63, 3.8) is 0 Å². The number of rotatable bonds is 3. The van der Waals surface area contributed by atoms with Gasteiger partial charge < -0.3 is 10.8 Å². The van der Waals surface area contributed by atoms with Gasteiger partial charge in [0.05, 0.1) is 12.1 Å². The highest BCUT2D eigenvalue weighted by Crippen LogP contribution is 2.10. The Kier molecular flexibility index (Phi) is 2.82. The van der Waals surface area contributed by atoms with Gasteiger partial charge in [0.1, 0.15) is 5.82 Å². The van der Waals surface area contributed by atoms with E-state index in [0.717, 1.165) is 11.3 Å². The van der Waals surface area contributed by atoms with E-state index in [1.54, 1.807) is 35.0 Å². The summed E-state index contributed by atoms with van der Waals surface area (Å²) in [5.74, 6) is -0.430. The molecule has 1 aromatic heterocycles. The Bertz CT molecular complexity index is 543. The molecule has 0 bridgehead atoms. The van der Waals surface area contributed by atoms with E-state index in [1.807, 2.05) is 6.92 Å². The van der Waals surface area contributed by atoms with Crippen LogP contribution in [0.25, 0.3) is 0 Å². The Labute approximate surface area is 98.5 Å². The van der Waals surface area contributed by atoms with Gasteiger partial charge in [-0.1, -0.05) is 12.1 Å². The number of aryl methyl sites for hydroxylation is 1. The Hall–Kier alpha value is -2.30. The van der Waals surface area contributed by atoms with E-state index < -0.39 is 5.97 Å². The van der Waals surface area contributed by atoms with Crippen LogP contribution >= 0.6 is 0 Å². The zero-order valence-electron chi connectivity index (χ0n) is 9.42. The molecule has 2 rings (SSSR count). The van der Waals surface area contributed by atoms with Crippen molar-refractivity contribution in [3.05, 3.63) is 47.2 Å². The molecule has 0 saturated heterocycles. The van der Waals surface area contributed by atoms with Crippen molar-refractivity contribution in [2.24, 2.45) is 0 Å². The van der Waals surface area contributed by atoms with Crippen LogP contribution in [0.15, 0.2) is 30.3 Å². The Morgan fingerprint density at radius 3 is 2.53 bits per heavy atom. The highest BCUT2D eigenvalue weighted by Gasteiger charge is 2.04. The molecule has 0 unspecified atom stereocenters. The molecule has 5 nitrogen and oxygen atoms in total. The molecule has 0 radical (unpaired) electrons. The van der Waals surface area contributed by atoms with Crippen molar-refractivity contribution < 1.29 is 9.90 Å². The second-order valence-electron chi connectivity index (χ2n) is 3.87. The number of nitrogens with two attached hydrogens (primary N) is 1. The molecule has 17 heavy (non-hydrogen) atoms. The third kappa shape index (κ3) is 2.44. The van der Waals surface area contributed by atoms with Crippen molar-refractivity contribution in [1.29, 1.82) is 0 Å². The Morgan fingerprint density at radius 1 is 1.41 bits per heavy atom. The molecular weight excluding hydrogens is 218 g/mol. The van der Waals surface area contributed by atoms with E-state index in [1.165, 1.54) is 0 Å². The van der Waals surface area contributed by atoms with Crippen LogP contribution in [0.5, 0.6) is 0 Å². The van der Waals surface area contributed by atoms with Gasteiger partial charge in [0.2, 0.25) is 0 Å². The summed E-state index contributed by atoms with van der Waals surface area (Å²) in [4.78, 5) is 10.7. The predicted octanol–water partition coefficient (Wildman–Crippen LogP) is 1.52. The number of carbonyl (C=O) groups is 1. The fraction of sp³-hybridized carbons (Fsp3) is 0.167. The molecule has 88 valence electrons. The lowest BCUT2D eigenvalue weighted by Gasteiger charge is -2.04. The van der Waals surface area contributed by atoms with E-state index in [9.17, 15) is 4.79 Å². The van der Waals surface area contributed by atoms with E-state index in [2.05, 4.69) is 5.10 Å². The van der Waals surface area contributed by atoms with Crippen molar-refractivity contribution in [2.75, 3.05) is 5.73 Å². The zero-order chi connectivity index (χ0) is 12.4. The van der Waals surface area contributed by atoms with Crippen molar-refractivity contribution in [1.82, 2.24) is 9.78 Å². The number of hydrogen-bond donors (Lipinski definition) is 2. The van der Waals surface area contributed by atoms with E-state index in [0.29, 0.717) is 12.4 Å². The Morgan fingerprint density at radius 2 is 2.06 bits per heavy atom. The Balaban J connectivity index is 2.19. The van der Waals surface area contributed by atoms with Gasteiger partial charge in [-0.3, -0.25) is 4.68 Å². The van der Waals surface area contributed by atoms with Gasteiger partial charge in [-0.05, 0) is 24.6 Å². The minimum Gasteiger partial charge on any atom is -0.478 e. The van der Waals surface area contributed by atoms with E-state index >= 15 is 0 Å². The van der Waals surface area contributed by atoms with E-state index in [4.69, 9.17) is 10.8 Å². The summed E-state index contributed by atoms with van der Waals surface area (Å²) in [5.41, 5.74) is 7.83. The standard InChI is InChI=1S/C12H13N3O2/c1-8-6-11(13)14-15(8)7-9-2-4-10(5-3-9)12(16)17/h2-6H,7H2,1H3,(H2,13,14)(H,16,17). The topological polar surface area (TPSA) is 81.1 Å². The number of carboxylic acids is 1. The fourth-order valence-electron chi connectivity index (χ4n) is 1.62. The van der Waals surface area contributed by atoms with Crippen LogP contribution < -0.4 is 5.73 Å². The lowest BCUT2D eigenvalue weighted by atomic mass is 10.1.